The number of carbonyl (C=O) groups excluding carboxylic acids is 1. The second kappa shape index (κ2) is 9.39. The topological polar surface area (TPSA) is 79.8 Å². The van der Waals surface area contributed by atoms with Crippen molar-refractivity contribution in [3.05, 3.63) is 64.2 Å². The van der Waals surface area contributed by atoms with E-state index in [0.717, 1.165) is 5.56 Å². The molecule has 2 heterocycles. The zero-order valence-corrected chi connectivity index (χ0v) is 17.6. The van der Waals surface area contributed by atoms with E-state index in [2.05, 4.69) is 4.98 Å². The molecule has 1 aliphatic heterocycles. The highest BCUT2D eigenvalue weighted by Crippen LogP contribution is 2.21. The van der Waals surface area contributed by atoms with Crippen molar-refractivity contribution in [2.45, 2.75) is 6.92 Å². The SMILES string of the molecule is CCOc1ccc(Cl)c(C(=O)N2CCN(S(=O)(=O)/C=C/c3ccccc3)CC2)n1. The number of amides is 1. The average molecular weight is 436 g/mol. The van der Waals surface area contributed by atoms with Crippen molar-refractivity contribution in [2.24, 2.45) is 0 Å². The molecule has 0 bridgehead atoms. The van der Waals surface area contributed by atoms with E-state index in [9.17, 15) is 13.2 Å². The smallest absolute Gasteiger partial charge is 0.274 e. The fraction of sp³-hybridized carbons (Fsp3) is 0.300. The number of benzene rings is 1. The van der Waals surface area contributed by atoms with Crippen molar-refractivity contribution < 1.29 is 17.9 Å². The predicted molar refractivity (Wildman–Crippen MR) is 112 cm³/mol. The predicted octanol–water partition coefficient (Wildman–Crippen LogP) is 2.89. The van der Waals surface area contributed by atoms with Crippen molar-refractivity contribution in [1.82, 2.24) is 14.2 Å². The first-order valence-electron chi connectivity index (χ1n) is 9.22. The Morgan fingerprint density at radius 1 is 1.14 bits per heavy atom. The molecule has 7 nitrogen and oxygen atoms in total. The number of sulfonamides is 1. The first-order valence-corrected chi connectivity index (χ1v) is 11.1. The van der Waals surface area contributed by atoms with Gasteiger partial charge in [0.05, 0.1) is 11.6 Å². The zero-order chi connectivity index (χ0) is 20.9. The van der Waals surface area contributed by atoms with Crippen LogP contribution in [0.4, 0.5) is 0 Å². The summed E-state index contributed by atoms with van der Waals surface area (Å²) in [6.07, 6.45) is 1.57. The molecular formula is C20H22ClN3O4S. The van der Waals surface area contributed by atoms with Crippen LogP contribution in [0.5, 0.6) is 5.88 Å². The first kappa shape index (κ1) is 21.3. The molecule has 0 saturated carbocycles. The lowest BCUT2D eigenvalue weighted by Gasteiger charge is -2.33. The van der Waals surface area contributed by atoms with E-state index in [1.165, 1.54) is 9.71 Å². The van der Waals surface area contributed by atoms with Gasteiger partial charge < -0.3 is 9.64 Å². The van der Waals surface area contributed by atoms with Gasteiger partial charge in [0.25, 0.3) is 5.91 Å². The van der Waals surface area contributed by atoms with Gasteiger partial charge in [-0.1, -0.05) is 41.9 Å². The number of hydrogen-bond acceptors (Lipinski definition) is 5. The lowest BCUT2D eigenvalue weighted by atomic mass is 10.2. The van der Waals surface area contributed by atoms with Crippen molar-refractivity contribution >= 4 is 33.6 Å². The Bertz CT molecular complexity index is 988. The van der Waals surface area contributed by atoms with Crippen molar-refractivity contribution in [1.29, 1.82) is 0 Å². The molecule has 1 amide bonds. The van der Waals surface area contributed by atoms with Gasteiger partial charge in [0.15, 0.2) is 5.69 Å². The second-order valence-corrected chi connectivity index (χ2v) is 8.59. The Morgan fingerprint density at radius 2 is 1.83 bits per heavy atom. The van der Waals surface area contributed by atoms with Crippen LogP contribution in [0, 0.1) is 0 Å². The van der Waals surface area contributed by atoms with Crippen LogP contribution < -0.4 is 4.74 Å². The molecule has 9 heteroatoms. The number of piperazine rings is 1. The summed E-state index contributed by atoms with van der Waals surface area (Å²) >= 11 is 6.13. The van der Waals surface area contributed by atoms with Gasteiger partial charge in [0.1, 0.15) is 0 Å². The fourth-order valence-electron chi connectivity index (χ4n) is 2.91. The lowest BCUT2D eigenvalue weighted by Crippen LogP contribution is -2.50. The summed E-state index contributed by atoms with van der Waals surface area (Å²) in [5.41, 5.74) is 0.915. The number of carbonyl (C=O) groups is 1. The normalized spacial score (nSPS) is 15.6. The molecule has 1 aromatic carbocycles. The summed E-state index contributed by atoms with van der Waals surface area (Å²) in [7, 11) is -3.56. The van der Waals surface area contributed by atoms with Gasteiger partial charge in [-0.2, -0.15) is 4.31 Å². The van der Waals surface area contributed by atoms with Crippen LogP contribution in [-0.4, -0.2) is 61.3 Å². The Morgan fingerprint density at radius 3 is 2.48 bits per heavy atom. The summed E-state index contributed by atoms with van der Waals surface area (Å²) in [5, 5.41) is 1.43. The highest BCUT2D eigenvalue weighted by molar-refractivity contribution is 7.92. The van der Waals surface area contributed by atoms with Gasteiger partial charge in [-0.3, -0.25) is 4.79 Å². The quantitative estimate of drug-likeness (QED) is 0.697. The maximum absolute atomic E-state index is 12.8. The van der Waals surface area contributed by atoms with Crippen molar-refractivity contribution in [3.63, 3.8) is 0 Å². The molecule has 3 rings (SSSR count). The molecule has 1 aromatic heterocycles. The van der Waals surface area contributed by atoms with E-state index in [-0.39, 0.29) is 42.8 Å². The Labute approximate surface area is 175 Å². The number of nitrogens with zero attached hydrogens (tertiary/aromatic N) is 3. The minimum Gasteiger partial charge on any atom is -0.478 e. The number of hydrogen-bond donors (Lipinski definition) is 0. The average Bonchev–Trinajstić information content (AvgIpc) is 2.74. The molecule has 1 saturated heterocycles. The molecule has 0 aliphatic carbocycles. The molecule has 1 fully saturated rings. The van der Waals surface area contributed by atoms with E-state index >= 15 is 0 Å². The molecule has 29 heavy (non-hydrogen) atoms. The third kappa shape index (κ3) is 5.35. The summed E-state index contributed by atoms with van der Waals surface area (Å²) in [6.45, 7) is 3.17. The highest BCUT2D eigenvalue weighted by Gasteiger charge is 2.29. The third-order valence-corrected chi connectivity index (χ3v) is 6.30. The van der Waals surface area contributed by atoms with Crippen molar-refractivity contribution in [2.75, 3.05) is 32.8 Å². The van der Waals surface area contributed by atoms with Crippen LogP contribution in [0.25, 0.3) is 6.08 Å². The number of halogens is 1. The zero-order valence-electron chi connectivity index (χ0n) is 16.0. The summed E-state index contributed by atoms with van der Waals surface area (Å²) in [5.74, 6) is -0.0130. The van der Waals surface area contributed by atoms with Crippen LogP contribution in [0.15, 0.2) is 47.9 Å². The van der Waals surface area contributed by atoms with Crippen LogP contribution in [-0.2, 0) is 10.0 Å². The number of pyridine rings is 1. The van der Waals surface area contributed by atoms with Crippen molar-refractivity contribution in [3.8, 4) is 5.88 Å². The summed E-state index contributed by atoms with van der Waals surface area (Å²) in [4.78, 5) is 18.5. The minimum atomic E-state index is -3.56. The standard InChI is InChI=1S/C20H22ClN3O4S/c1-2-28-18-9-8-17(21)19(22-18)20(25)23-11-13-24(14-12-23)29(26,27)15-10-16-6-4-3-5-7-16/h3-10,15H,2,11-14H2,1H3/b15-10+. The fourth-order valence-corrected chi connectivity index (χ4v) is 4.27. The summed E-state index contributed by atoms with van der Waals surface area (Å²) in [6, 6.07) is 12.4. The Balaban J connectivity index is 1.65. The lowest BCUT2D eigenvalue weighted by molar-refractivity contribution is 0.0691. The van der Waals surface area contributed by atoms with E-state index in [0.29, 0.717) is 12.5 Å². The monoisotopic (exact) mass is 435 g/mol. The molecule has 0 unspecified atom stereocenters. The van der Waals surface area contributed by atoms with Crippen LogP contribution in [0.1, 0.15) is 23.0 Å². The van der Waals surface area contributed by atoms with Crippen LogP contribution in [0.2, 0.25) is 5.02 Å². The second-order valence-electron chi connectivity index (χ2n) is 6.36. The van der Waals surface area contributed by atoms with E-state index in [1.54, 1.807) is 23.1 Å². The van der Waals surface area contributed by atoms with Gasteiger partial charge in [-0.15, -0.1) is 0 Å². The largest absolute Gasteiger partial charge is 0.478 e. The maximum Gasteiger partial charge on any atom is 0.274 e. The highest BCUT2D eigenvalue weighted by atomic mass is 35.5. The van der Waals surface area contributed by atoms with Gasteiger partial charge in [-0.05, 0) is 24.6 Å². The maximum atomic E-state index is 12.8. The van der Waals surface area contributed by atoms with E-state index in [1.807, 2.05) is 37.3 Å². The van der Waals surface area contributed by atoms with Crippen LogP contribution in [0.3, 0.4) is 0 Å². The van der Waals surface area contributed by atoms with Gasteiger partial charge in [0, 0.05) is 37.7 Å². The molecule has 0 N–H and O–H groups in total. The summed E-state index contributed by atoms with van der Waals surface area (Å²) < 4.78 is 31.8. The molecule has 154 valence electrons. The number of ether oxygens (including phenoxy) is 1. The molecular weight excluding hydrogens is 414 g/mol. The first-order chi connectivity index (χ1) is 13.9. The Kier molecular flexibility index (Phi) is 6.89. The Hall–Kier alpha value is -2.42. The van der Waals surface area contributed by atoms with Gasteiger partial charge in [0.2, 0.25) is 15.9 Å². The van der Waals surface area contributed by atoms with Gasteiger partial charge >= 0.3 is 0 Å². The molecule has 0 radical (unpaired) electrons. The number of rotatable bonds is 6. The van der Waals surface area contributed by atoms with E-state index in [4.69, 9.17) is 16.3 Å². The number of aromatic nitrogens is 1. The van der Waals surface area contributed by atoms with E-state index < -0.39 is 10.0 Å². The molecule has 2 aromatic rings. The minimum absolute atomic E-state index is 0.109. The molecule has 0 atom stereocenters. The molecule has 0 spiro atoms. The molecule has 1 aliphatic rings. The van der Waals surface area contributed by atoms with Gasteiger partial charge in [-0.25, -0.2) is 13.4 Å². The third-order valence-electron chi connectivity index (χ3n) is 4.43. The van der Waals surface area contributed by atoms with Crippen LogP contribution >= 0.6 is 11.6 Å².